The molecule has 0 N–H and O–H groups in total. The van der Waals surface area contributed by atoms with E-state index in [-0.39, 0.29) is 5.97 Å². The number of aromatic nitrogens is 1. The predicted molar refractivity (Wildman–Crippen MR) is 79.3 cm³/mol. The molecule has 0 saturated heterocycles. The Bertz CT molecular complexity index is 432. The molecule has 0 radical (unpaired) electrons. The summed E-state index contributed by atoms with van der Waals surface area (Å²) in [6.45, 7) is 2.48. The second kappa shape index (κ2) is 7.59. The number of nitrogens with zero attached hydrogens (tertiary/aromatic N) is 2. The summed E-state index contributed by atoms with van der Waals surface area (Å²) in [5, 5.41) is 2.97. The van der Waals surface area contributed by atoms with Crippen molar-refractivity contribution >= 4 is 22.4 Å². The minimum absolute atomic E-state index is 0.193. The maximum Gasteiger partial charge on any atom is 0.305 e. The minimum Gasteiger partial charge on any atom is -0.469 e. The Morgan fingerprint density at radius 3 is 3.05 bits per heavy atom. The van der Waals surface area contributed by atoms with Crippen LogP contribution in [0.4, 0.5) is 5.13 Å². The fraction of sp³-hybridized carbons (Fsp3) is 0.714. The quantitative estimate of drug-likeness (QED) is 0.516. The normalized spacial score (nSPS) is 14.3. The van der Waals surface area contributed by atoms with Crippen LogP contribution in [0.1, 0.15) is 25.0 Å². The van der Waals surface area contributed by atoms with Gasteiger partial charge in [-0.15, -0.1) is 11.3 Å². The van der Waals surface area contributed by atoms with Crippen molar-refractivity contribution in [3.05, 3.63) is 11.1 Å². The van der Waals surface area contributed by atoms with Crippen molar-refractivity contribution in [3.63, 3.8) is 0 Å². The minimum atomic E-state index is -0.193. The molecule has 1 aliphatic carbocycles. The Morgan fingerprint density at radius 2 is 2.35 bits per heavy atom. The molecule has 6 heteroatoms. The van der Waals surface area contributed by atoms with E-state index >= 15 is 0 Å². The van der Waals surface area contributed by atoms with E-state index in [1.807, 2.05) is 12.4 Å². The van der Waals surface area contributed by atoms with E-state index in [0.29, 0.717) is 12.8 Å². The number of ether oxygens (including phenoxy) is 2. The van der Waals surface area contributed by atoms with Gasteiger partial charge in [0.25, 0.3) is 0 Å². The Balaban J connectivity index is 1.67. The summed E-state index contributed by atoms with van der Waals surface area (Å²) in [6, 6.07) is 0. The third-order valence-corrected chi connectivity index (χ3v) is 4.30. The van der Waals surface area contributed by atoms with Crippen LogP contribution in [0, 0.1) is 5.92 Å². The van der Waals surface area contributed by atoms with Gasteiger partial charge in [0.15, 0.2) is 5.13 Å². The standard InChI is InChI=1S/C14H22N2O3S/c1-16(7-8-19-9-11-3-4-11)14-15-12(10-20-14)5-6-13(17)18-2/h10-11H,3-9H2,1-2H3. The van der Waals surface area contributed by atoms with Crippen molar-refractivity contribution in [2.24, 2.45) is 5.92 Å². The van der Waals surface area contributed by atoms with Crippen molar-refractivity contribution in [3.8, 4) is 0 Å². The fourth-order valence-corrected chi connectivity index (χ4v) is 2.60. The molecule has 20 heavy (non-hydrogen) atoms. The number of esters is 1. The molecule has 1 aromatic rings. The van der Waals surface area contributed by atoms with Crippen molar-refractivity contribution in [1.29, 1.82) is 0 Å². The molecule has 0 unspecified atom stereocenters. The molecule has 0 aliphatic heterocycles. The van der Waals surface area contributed by atoms with Gasteiger partial charge >= 0.3 is 5.97 Å². The third kappa shape index (κ3) is 5.09. The van der Waals surface area contributed by atoms with E-state index in [1.54, 1.807) is 11.3 Å². The monoisotopic (exact) mass is 298 g/mol. The fourth-order valence-electron chi connectivity index (χ4n) is 1.75. The molecule has 0 amide bonds. The SMILES string of the molecule is COC(=O)CCc1csc(N(C)CCOCC2CC2)n1. The molecular weight excluding hydrogens is 276 g/mol. The number of hydrogen-bond donors (Lipinski definition) is 0. The van der Waals surface area contributed by atoms with Crippen LogP contribution in [0.2, 0.25) is 0 Å². The van der Waals surface area contributed by atoms with Gasteiger partial charge < -0.3 is 14.4 Å². The zero-order valence-corrected chi connectivity index (χ0v) is 12.9. The van der Waals surface area contributed by atoms with Crippen molar-refractivity contribution in [2.45, 2.75) is 25.7 Å². The van der Waals surface area contributed by atoms with Gasteiger partial charge in [0, 0.05) is 32.0 Å². The van der Waals surface area contributed by atoms with E-state index in [1.165, 1.54) is 20.0 Å². The largest absolute Gasteiger partial charge is 0.469 e. The van der Waals surface area contributed by atoms with Gasteiger partial charge in [-0.3, -0.25) is 4.79 Å². The van der Waals surface area contributed by atoms with Crippen molar-refractivity contribution in [2.75, 3.05) is 38.8 Å². The summed E-state index contributed by atoms with van der Waals surface area (Å²) in [6.07, 6.45) is 3.67. The molecular formula is C14H22N2O3S. The maximum absolute atomic E-state index is 11.1. The van der Waals surface area contributed by atoms with E-state index in [9.17, 15) is 4.79 Å². The molecule has 112 valence electrons. The summed E-state index contributed by atoms with van der Waals surface area (Å²) in [4.78, 5) is 17.7. The van der Waals surface area contributed by atoms with Crippen LogP contribution in [0.3, 0.4) is 0 Å². The van der Waals surface area contributed by atoms with Crippen molar-refractivity contribution in [1.82, 2.24) is 4.98 Å². The van der Waals surface area contributed by atoms with E-state index in [2.05, 4.69) is 14.6 Å². The molecule has 0 atom stereocenters. The first-order chi connectivity index (χ1) is 9.69. The van der Waals surface area contributed by atoms with E-state index in [4.69, 9.17) is 4.74 Å². The average molecular weight is 298 g/mol. The van der Waals surface area contributed by atoms with Crippen LogP contribution in [0.5, 0.6) is 0 Å². The van der Waals surface area contributed by atoms with Gasteiger partial charge in [-0.25, -0.2) is 4.98 Å². The van der Waals surface area contributed by atoms with Crippen LogP contribution in [-0.2, 0) is 20.7 Å². The summed E-state index contributed by atoms with van der Waals surface area (Å²) in [7, 11) is 3.42. The number of likely N-dealkylation sites (N-methyl/N-ethyl adjacent to an activating group) is 1. The average Bonchev–Trinajstić information content (AvgIpc) is 3.16. The molecule has 1 aromatic heterocycles. The van der Waals surface area contributed by atoms with E-state index in [0.717, 1.165) is 36.5 Å². The molecule has 0 spiro atoms. The molecule has 2 rings (SSSR count). The van der Waals surface area contributed by atoms with Crippen LogP contribution < -0.4 is 4.90 Å². The van der Waals surface area contributed by atoms with Crippen LogP contribution in [-0.4, -0.2) is 44.9 Å². The van der Waals surface area contributed by atoms with Crippen molar-refractivity contribution < 1.29 is 14.3 Å². The highest BCUT2D eigenvalue weighted by atomic mass is 32.1. The lowest BCUT2D eigenvalue weighted by Crippen LogP contribution is -2.22. The first-order valence-electron chi connectivity index (χ1n) is 6.99. The lowest BCUT2D eigenvalue weighted by Gasteiger charge is -2.15. The van der Waals surface area contributed by atoms with Gasteiger partial charge in [0.2, 0.25) is 0 Å². The second-order valence-corrected chi connectivity index (χ2v) is 5.97. The number of methoxy groups -OCH3 is 1. The number of aryl methyl sites for hydroxylation is 1. The van der Waals surface area contributed by atoms with Gasteiger partial charge in [0.05, 0.1) is 25.8 Å². The lowest BCUT2D eigenvalue weighted by atomic mass is 10.2. The van der Waals surface area contributed by atoms with Gasteiger partial charge in [-0.05, 0) is 18.8 Å². The first kappa shape index (κ1) is 15.3. The number of thiazole rings is 1. The molecule has 1 heterocycles. The zero-order valence-electron chi connectivity index (χ0n) is 12.1. The molecule has 0 aromatic carbocycles. The first-order valence-corrected chi connectivity index (χ1v) is 7.87. The maximum atomic E-state index is 11.1. The molecule has 1 fully saturated rings. The third-order valence-electron chi connectivity index (χ3n) is 3.30. The molecule has 5 nitrogen and oxygen atoms in total. The highest BCUT2D eigenvalue weighted by molar-refractivity contribution is 7.13. The van der Waals surface area contributed by atoms with Crippen LogP contribution in [0.25, 0.3) is 0 Å². The number of carbonyl (C=O) groups excluding carboxylic acids is 1. The highest BCUT2D eigenvalue weighted by Crippen LogP contribution is 2.28. The van der Waals surface area contributed by atoms with E-state index < -0.39 is 0 Å². The molecule has 1 saturated carbocycles. The van der Waals surface area contributed by atoms with Crippen LogP contribution >= 0.6 is 11.3 Å². The Kier molecular flexibility index (Phi) is 5.79. The number of anilines is 1. The molecule has 1 aliphatic rings. The van der Waals surface area contributed by atoms with Gasteiger partial charge in [-0.1, -0.05) is 0 Å². The number of rotatable bonds is 9. The Morgan fingerprint density at radius 1 is 1.55 bits per heavy atom. The summed E-state index contributed by atoms with van der Waals surface area (Å²) < 4.78 is 10.2. The van der Waals surface area contributed by atoms with Gasteiger partial charge in [-0.2, -0.15) is 0 Å². The summed E-state index contributed by atoms with van der Waals surface area (Å²) in [5.74, 6) is 0.617. The number of hydrogen-bond acceptors (Lipinski definition) is 6. The second-order valence-electron chi connectivity index (χ2n) is 5.14. The highest BCUT2D eigenvalue weighted by Gasteiger charge is 2.21. The zero-order chi connectivity index (χ0) is 14.4. The van der Waals surface area contributed by atoms with Crippen LogP contribution in [0.15, 0.2) is 5.38 Å². The number of carbonyl (C=O) groups is 1. The smallest absolute Gasteiger partial charge is 0.305 e. The summed E-state index contributed by atoms with van der Waals surface area (Å²) in [5.41, 5.74) is 0.946. The predicted octanol–water partition coefficient (Wildman–Crippen LogP) is 2.11. The molecule has 0 bridgehead atoms. The lowest BCUT2D eigenvalue weighted by molar-refractivity contribution is -0.140. The van der Waals surface area contributed by atoms with Gasteiger partial charge in [0.1, 0.15) is 0 Å². The summed E-state index contributed by atoms with van der Waals surface area (Å²) >= 11 is 1.60. The Hall–Kier alpha value is -1.14. The Labute approximate surface area is 123 Å². The topological polar surface area (TPSA) is 51.7 Å².